The standard InChI is InChI=1S/C20H20N6OS/c1-24-10-15(9-21)19-18(14-6-7-28-11-14)16(8-17(27)25-19)12-2-4-13(5-3-12)20(22)26-23/h2-7,9-11,15-16,21-23H,8H2,1H3,(H,25,27). The fourth-order valence-electron chi connectivity index (χ4n) is 3.36. The summed E-state index contributed by atoms with van der Waals surface area (Å²) < 4.78 is 0. The van der Waals surface area contributed by atoms with Gasteiger partial charge in [0, 0.05) is 43.1 Å². The Morgan fingerprint density at radius 1 is 1.32 bits per heavy atom. The van der Waals surface area contributed by atoms with Crippen LogP contribution in [0.15, 0.2) is 56.9 Å². The molecular weight excluding hydrogens is 372 g/mol. The summed E-state index contributed by atoms with van der Waals surface area (Å²) in [5.41, 5.74) is 11.1. The highest BCUT2D eigenvalue weighted by Gasteiger charge is 2.32. The number of carbonyl (C=O) groups excluding carboxylic acids is 1. The lowest BCUT2D eigenvalue weighted by Gasteiger charge is -2.31. The first-order chi connectivity index (χ1) is 13.6. The van der Waals surface area contributed by atoms with E-state index in [4.69, 9.17) is 16.3 Å². The lowest BCUT2D eigenvalue weighted by molar-refractivity contribution is -0.120. The van der Waals surface area contributed by atoms with Crippen LogP contribution in [0.5, 0.6) is 0 Å². The zero-order valence-corrected chi connectivity index (χ0v) is 16.1. The number of amidine groups is 1. The Kier molecular flexibility index (Phi) is 6.00. The van der Waals surface area contributed by atoms with Crippen molar-refractivity contribution < 1.29 is 4.79 Å². The lowest BCUT2D eigenvalue weighted by atomic mass is 9.79. The van der Waals surface area contributed by atoms with Gasteiger partial charge >= 0.3 is 0 Å². The van der Waals surface area contributed by atoms with E-state index in [2.05, 4.69) is 15.4 Å². The number of amides is 1. The van der Waals surface area contributed by atoms with Gasteiger partial charge in [-0.3, -0.25) is 15.2 Å². The van der Waals surface area contributed by atoms with Crippen LogP contribution in [-0.2, 0) is 4.79 Å². The van der Waals surface area contributed by atoms with Crippen molar-refractivity contribution in [1.82, 2.24) is 5.32 Å². The van der Waals surface area contributed by atoms with Gasteiger partial charge in [0.1, 0.15) is 0 Å². The van der Waals surface area contributed by atoms with Crippen LogP contribution in [-0.4, -0.2) is 31.2 Å². The Balaban J connectivity index is 2.14. The number of benzene rings is 1. The Morgan fingerprint density at radius 3 is 2.64 bits per heavy atom. The lowest BCUT2D eigenvalue weighted by Crippen LogP contribution is -2.35. The van der Waals surface area contributed by atoms with E-state index in [-0.39, 0.29) is 17.7 Å². The highest BCUT2D eigenvalue weighted by molar-refractivity contribution is 7.08. The molecule has 142 valence electrons. The van der Waals surface area contributed by atoms with Crippen LogP contribution < -0.4 is 5.32 Å². The van der Waals surface area contributed by atoms with Gasteiger partial charge in [-0.15, -0.1) is 5.11 Å². The molecule has 0 saturated heterocycles. The van der Waals surface area contributed by atoms with Crippen molar-refractivity contribution in [3.8, 4) is 0 Å². The summed E-state index contributed by atoms with van der Waals surface area (Å²) >= 11 is 1.58. The molecule has 0 fully saturated rings. The maximum Gasteiger partial charge on any atom is 0.225 e. The Labute approximate surface area is 166 Å². The first-order valence-electron chi connectivity index (χ1n) is 8.64. The third-order valence-corrected chi connectivity index (χ3v) is 5.34. The highest BCUT2D eigenvalue weighted by atomic mass is 32.1. The second-order valence-corrected chi connectivity index (χ2v) is 7.11. The SMILES string of the molecule is CN=CC(C=N)C1=C(c2ccsc2)C(c2ccc(C(=N)N=N)cc2)CC(=O)N1. The van der Waals surface area contributed by atoms with Crippen LogP contribution in [0.25, 0.3) is 5.57 Å². The van der Waals surface area contributed by atoms with E-state index in [1.165, 1.54) is 6.21 Å². The van der Waals surface area contributed by atoms with Gasteiger partial charge in [0.15, 0.2) is 5.84 Å². The fourth-order valence-corrected chi connectivity index (χ4v) is 4.02. The molecule has 1 aliphatic rings. The van der Waals surface area contributed by atoms with Gasteiger partial charge in [0.25, 0.3) is 0 Å². The quantitative estimate of drug-likeness (QED) is 0.330. The number of nitrogens with zero attached hydrogens (tertiary/aromatic N) is 2. The minimum absolute atomic E-state index is 0.103. The van der Waals surface area contributed by atoms with E-state index in [9.17, 15) is 4.79 Å². The number of thiophene rings is 1. The summed E-state index contributed by atoms with van der Waals surface area (Å²) in [6.45, 7) is 0. The predicted molar refractivity (Wildman–Crippen MR) is 112 cm³/mol. The summed E-state index contributed by atoms with van der Waals surface area (Å²) in [7, 11) is 1.65. The summed E-state index contributed by atoms with van der Waals surface area (Å²) in [5, 5.41) is 25.6. The molecule has 1 aromatic heterocycles. The number of hydrogen-bond donors (Lipinski definition) is 4. The molecule has 0 saturated carbocycles. The van der Waals surface area contributed by atoms with Gasteiger partial charge in [-0.25, -0.2) is 5.53 Å². The molecule has 0 radical (unpaired) electrons. The van der Waals surface area contributed by atoms with Gasteiger partial charge < -0.3 is 10.7 Å². The Bertz CT molecular complexity index is 959. The number of rotatable bonds is 6. The Morgan fingerprint density at radius 2 is 2.07 bits per heavy atom. The fraction of sp³-hybridized carbons (Fsp3) is 0.200. The summed E-state index contributed by atoms with van der Waals surface area (Å²) in [4.78, 5) is 16.5. The van der Waals surface area contributed by atoms with Crippen LogP contribution in [0.1, 0.15) is 29.0 Å². The van der Waals surface area contributed by atoms with Crippen molar-refractivity contribution in [2.24, 2.45) is 16.0 Å². The van der Waals surface area contributed by atoms with Crippen molar-refractivity contribution in [3.63, 3.8) is 0 Å². The van der Waals surface area contributed by atoms with E-state index in [1.807, 2.05) is 29.0 Å². The van der Waals surface area contributed by atoms with Crippen molar-refractivity contribution in [2.75, 3.05) is 7.05 Å². The zero-order valence-electron chi connectivity index (χ0n) is 15.3. The molecule has 2 heterocycles. The summed E-state index contributed by atoms with van der Waals surface area (Å²) in [6.07, 6.45) is 3.22. The van der Waals surface area contributed by atoms with Crippen LogP contribution >= 0.6 is 11.3 Å². The molecule has 7 nitrogen and oxygen atoms in total. The highest BCUT2D eigenvalue weighted by Crippen LogP contribution is 2.41. The maximum atomic E-state index is 12.5. The average Bonchev–Trinajstić information content (AvgIpc) is 3.25. The van der Waals surface area contributed by atoms with E-state index in [0.29, 0.717) is 17.7 Å². The second kappa shape index (κ2) is 8.62. The van der Waals surface area contributed by atoms with Crippen LogP contribution in [0.2, 0.25) is 0 Å². The van der Waals surface area contributed by atoms with Gasteiger partial charge in [0.2, 0.25) is 5.91 Å². The molecule has 2 unspecified atom stereocenters. The number of allylic oxidation sites excluding steroid dienone is 2. The number of hydrogen-bond acceptors (Lipinski definition) is 6. The van der Waals surface area contributed by atoms with Crippen LogP contribution in [0.3, 0.4) is 0 Å². The van der Waals surface area contributed by atoms with Crippen molar-refractivity contribution >= 4 is 41.1 Å². The molecule has 4 N–H and O–H groups in total. The molecule has 0 bridgehead atoms. The molecule has 1 amide bonds. The summed E-state index contributed by atoms with van der Waals surface area (Å²) in [5.74, 6) is -0.804. The van der Waals surface area contributed by atoms with Gasteiger partial charge in [0.05, 0.1) is 5.92 Å². The molecule has 8 heteroatoms. The first kappa shape index (κ1) is 19.5. The average molecular weight is 392 g/mol. The normalized spacial score (nSPS) is 18.0. The third-order valence-electron chi connectivity index (χ3n) is 4.66. The number of carbonyl (C=O) groups is 1. The predicted octanol–water partition coefficient (Wildman–Crippen LogP) is 4.09. The monoisotopic (exact) mass is 392 g/mol. The molecule has 2 atom stereocenters. The number of aliphatic imine (C=N–C) groups is 1. The molecule has 0 aliphatic carbocycles. The van der Waals surface area contributed by atoms with Crippen LogP contribution in [0.4, 0.5) is 0 Å². The smallest absolute Gasteiger partial charge is 0.225 e. The van der Waals surface area contributed by atoms with E-state index < -0.39 is 5.92 Å². The van der Waals surface area contributed by atoms with E-state index in [0.717, 1.165) is 16.7 Å². The largest absolute Gasteiger partial charge is 0.328 e. The minimum atomic E-state index is -0.416. The topological polar surface area (TPSA) is 125 Å². The second-order valence-electron chi connectivity index (χ2n) is 6.33. The maximum absolute atomic E-state index is 12.5. The molecule has 1 aliphatic heterocycles. The first-order valence-corrected chi connectivity index (χ1v) is 9.59. The van der Waals surface area contributed by atoms with Gasteiger partial charge in [-0.2, -0.15) is 11.3 Å². The molecule has 28 heavy (non-hydrogen) atoms. The van der Waals surface area contributed by atoms with E-state index in [1.54, 1.807) is 36.7 Å². The summed E-state index contributed by atoms with van der Waals surface area (Å²) in [6, 6.07) is 9.24. The molecule has 0 spiro atoms. The third kappa shape index (κ3) is 3.86. The van der Waals surface area contributed by atoms with Gasteiger partial charge in [-0.05, 0) is 33.5 Å². The zero-order chi connectivity index (χ0) is 20.1. The number of nitrogens with one attached hydrogen (secondary N) is 4. The molecule has 1 aromatic carbocycles. The van der Waals surface area contributed by atoms with Crippen molar-refractivity contribution in [2.45, 2.75) is 12.3 Å². The molecule has 2 aromatic rings. The van der Waals surface area contributed by atoms with Gasteiger partial charge in [-0.1, -0.05) is 24.3 Å². The Hall–Kier alpha value is -3.26. The minimum Gasteiger partial charge on any atom is -0.328 e. The van der Waals surface area contributed by atoms with Crippen molar-refractivity contribution in [1.29, 1.82) is 16.3 Å². The van der Waals surface area contributed by atoms with Crippen LogP contribution in [0, 0.1) is 22.3 Å². The van der Waals surface area contributed by atoms with E-state index >= 15 is 0 Å². The molecule has 3 rings (SSSR count). The molecular formula is C20H20N6OS. The van der Waals surface area contributed by atoms with Crippen molar-refractivity contribution in [3.05, 3.63) is 63.5 Å².